The van der Waals surface area contributed by atoms with Gasteiger partial charge in [0.05, 0.1) is 13.0 Å². The Morgan fingerprint density at radius 2 is 1.58 bits per heavy atom. The number of rotatable bonds is 15. The summed E-state index contributed by atoms with van der Waals surface area (Å²) < 4.78 is 4.83. The van der Waals surface area contributed by atoms with E-state index in [1.54, 1.807) is 0 Å². The quantitative estimate of drug-likeness (QED) is 0.271. The Balaban J connectivity index is 3.45. The average Bonchev–Trinajstić information content (AvgIpc) is 2.54. The van der Waals surface area contributed by atoms with Crippen molar-refractivity contribution < 1.29 is 24.2 Å². The lowest BCUT2D eigenvalue weighted by molar-refractivity contribution is -0.144. The van der Waals surface area contributed by atoms with E-state index >= 15 is 0 Å². The van der Waals surface area contributed by atoms with Gasteiger partial charge in [0.15, 0.2) is 0 Å². The van der Waals surface area contributed by atoms with Crippen LogP contribution >= 0.6 is 0 Å². The number of ether oxygens (including phenoxy) is 1. The molecule has 0 spiro atoms. The van der Waals surface area contributed by atoms with Crippen LogP contribution in [0, 0.1) is 0 Å². The molecular weight excluding hydrogens is 310 g/mol. The number of carboxylic acids is 1. The smallest absolute Gasteiger partial charge is 0.331 e. The van der Waals surface area contributed by atoms with Crippen molar-refractivity contribution in [3.05, 3.63) is 12.2 Å². The molecule has 6 nitrogen and oxygen atoms in total. The van der Waals surface area contributed by atoms with E-state index in [1.807, 2.05) is 0 Å². The van der Waals surface area contributed by atoms with Crippen LogP contribution in [0.4, 0.5) is 0 Å². The minimum atomic E-state index is -1.22. The molecule has 138 valence electrons. The van der Waals surface area contributed by atoms with Crippen LogP contribution in [0.2, 0.25) is 0 Å². The lowest BCUT2D eigenvalue weighted by Crippen LogP contribution is -2.27. The van der Waals surface area contributed by atoms with Crippen LogP contribution in [0.1, 0.15) is 71.1 Å². The summed E-state index contributed by atoms with van der Waals surface area (Å²) in [6.45, 7) is 5.72. The van der Waals surface area contributed by atoms with E-state index in [0.717, 1.165) is 12.8 Å². The Labute approximate surface area is 144 Å². The number of esters is 1. The number of carboxylic acid groups (broad SMARTS) is 1. The first-order valence-corrected chi connectivity index (χ1v) is 8.80. The van der Waals surface area contributed by atoms with Crippen LogP contribution in [0.15, 0.2) is 12.2 Å². The number of hydrogen-bond donors (Lipinski definition) is 2. The number of hydrogen-bond acceptors (Lipinski definition) is 4. The standard InChI is InChI=1S/C18H31NO5/c1-3-4-5-6-7-8-9-10-11-16(20)19-12-13-24-17(21)14-15(2)18(22)23/h2-14H2,1H3,(H,19,20)(H,22,23). The Hall–Kier alpha value is -1.85. The molecule has 0 aromatic carbocycles. The SMILES string of the molecule is C=C(CC(=O)OCCNC(=O)CCCCCCCCCC)C(=O)O. The topological polar surface area (TPSA) is 92.7 Å². The van der Waals surface area contributed by atoms with E-state index in [2.05, 4.69) is 18.8 Å². The summed E-state index contributed by atoms with van der Waals surface area (Å²) in [6.07, 6.45) is 9.61. The van der Waals surface area contributed by atoms with Gasteiger partial charge >= 0.3 is 11.9 Å². The van der Waals surface area contributed by atoms with E-state index < -0.39 is 11.9 Å². The van der Waals surface area contributed by atoms with Crippen molar-refractivity contribution in [2.24, 2.45) is 0 Å². The number of unbranched alkanes of at least 4 members (excludes halogenated alkanes) is 7. The minimum absolute atomic E-state index is 0.0366. The lowest BCUT2D eigenvalue weighted by atomic mass is 10.1. The van der Waals surface area contributed by atoms with Gasteiger partial charge in [0, 0.05) is 12.0 Å². The van der Waals surface area contributed by atoms with Gasteiger partial charge < -0.3 is 15.2 Å². The molecule has 1 amide bonds. The molecule has 6 heteroatoms. The van der Waals surface area contributed by atoms with Crippen LogP contribution < -0.4 is 5.32 Å². The largest absolute Gasteiger partial charge is 0.478 e. The summed E-state index contributed by atoms with van der Waals surface area (Å²) in [5.41, 5.74) is -0.210. The van der Waals surface area contributed by atoms with E-state index in [9.17, 15) is 14.4 Å². The van der Waals surface area contributed by atoms with E-state index in [-0.39, 0.29) is 31.1 Å². The lowest BCUT2D eigenvalue weighted by Gasteiger charge is -2.07. The third-order valence-corrected chi connectivity index (χ3v) is 3.60. The number of aliphatic carboxylic acids is 1. The highest BCUT2D eigenvalue weighted by Gasteiger charge is 2.11. The molecule has 2 N–H and O–H groups in total. The predicted molar refractivity (Wildman–Crippen MR) is 92.6 cm³/mol. The summed E-state index contributed by atoms with van der Waals surface area (Å²) in [7, 11) is 0. The first-order valence-electron chi connectivity index (χ1n) is 8.80. The van der Waals surface area contributed by atoms with Crippen LogP contribution in [-0.4, -0.2) is 36.1 Å². The van der Waals surface area contributed by atoms with Crippen LogP contribution in [-0.2, 0) is 19.1 Å². The molecule has 0 unspecified atom stereocenters. The number of carbonyl (C=O) groups excluding carboxylic acids is 2. The van der Waals surface area contributed by atoms with Gasteiger partial charge in [0.25, 0.3) is 0 Å². The summed E-state index contributed by atoms with van der Waals surface area (Å²) >= 11 is 0. The highest BCUT2D eigenvalue weighted by Crippen LogP contribution is 2.09. The molecule has 0 aliphatic rings. The molecule has 0 saturated carbocycles. The normalized spacial score (nSPS) is 10.2. The second-order valence-corrected chi connectivity index (χ2v) is 5.88. The van der Waals surface area contributed by atoms with Gasteiger partial charge in [-0.15, -0.1) is 0 Å². The molecule has 0 atom stereocenters. The van der Waals surface area contributed by atoms with Gasteiger partial charge in [0.2, 0.25) is 5.91 Å². The Morgan fingerprint density at radius 3 is 2.17 bits per heavy atom. The molecule has 0 aromatic rings. The van der Waals surface area contributed by atoms with Gasteiger partial charge in [-0.2, -0.15) is 0 Å². The van der Waals surface area contributed by atoms with Crippen molar-refractivity contribution in [3.63, 3.8) is 0 Å². The van der Waals surface area contributed by atoms with Gasteiger partial charge in [-0.1, -0.05) is 58.4 Å². The van der Waals surface area contributed by atoms with Crippen molar-refractivity contribution >= 4 is 17.8 Å². The fourth-order valence-electron chi connectivity index (χ4n) is 2.16. The zero-order valence-corrected chi connectivity index (χ0v) is 14.8. The summed E-state index contributed by atoms with van der Waals surface area (Å²) in [5, 5.41) is 11.3. The first kappa shape index (κ1) is 22.1. The van der Waals surface area contributed by atoms with Crippen molar-refractivity contribution in [3.8, 4) is 0 Å². The Bertz CT molecular complexity index is 406. The van der Waals surface area contributed by atoms with Gasteiger partial charge in [-0.05, 0) is 6.42 Å². The molecule has 0 rings (SSSR count). The molecular formula is C18H31NO5. The fourth-order valence-corrected chi connectivity index (χ4v) is 2.16. The number of nitrogens with one attached hydrogen (secondary N) is 1. The molecule has 0 saturated heterocycles. The van der Waals surface area contributed by atoms with E-state index in [1.165, 1.54) is 38.5 Å². The molecule has 0 radical (unpaired) electrons. The monoisotopic (exact) mass is 341 g/mol. The summed E-state index contributed by atoms with van der Waals surface area (Å²) in [5.74, 6) is -1.92. The molecule has 0 aliphatic heterocycles. The zero-order valence-electron chi connectivity index (χ0n) is 14.8. The number of carbonyl (C=O) groups is 3. The Morgan fingerprint density at radius 1 is 1.00 bits per heavy atom. The minimum Gasteiger partial charge on any atom is -0.478 e. The third kappa shape index (κ3) is 13.8. The number of amides is 1. The molecule has 0 aromatic heterocycles. The third-order valence-electron chi connectivity index (χ3n) is 3.60. The second-order valence-electron chi connectivity index (χ2n) is 5.88. The van der Waals surface area contributed by atoms with Gasteiger partial charge in [-0.25, -0.2) is 4.79 Å². The fraction of sp³-hybridized carbons (Fsp3) is 0.722. The van der Waals surface area contributed by atoms with Crippen molar-refractivity contribution in [1.82, 2.24) is 5.32 Å². The summed E-state index contributed by atoms with van der Waals surface area (Å²) in [6, 6.07) is 0. The van der Waals surface area contributed by atoms with Crippen molar-refractivity contribution in [2.45, 2.75) is 71.1 Å². The highest BCUT2D eigenvalue weighted by molar-refractivity contribution is 5.91. The zero-order chi connectivity index (χ0) is 18.2. The van der Waals surface area contributed by atoms with Gasteiger partial charge in [0.1, 0.15) is 6.61 Å². The molecule has 0 heterocycles. The average molecular weight is 341 g/mol. The molecule has 0 aliphatic carbocycles. The van der Waals surface area contributed by atoms with Crippen LogP contribution in [0.5, 0.6) is 0 Å². The molecule has 0 fully saturated rings. The van der Waals surface area contributed by atoms with Crippen LogP contribution in [0.25, 0.3) is 0 Å². The Kier molecular flexibility index (Phi) is 13.6. The predicted octanol–water partition coefficient (Wildman–Crippen LogP) is 3.21. The van der Waals surface area contributed by atoms with Crippen molar-refractivity contribution in [2.75, 3.05) is 13.2 Å². The molecule has 24 heavy (non-hydrogen) atoms. The maximum absolute atomic E-state index is 11.6. The molecule has 0 bridgehead atoms. The first-order chi connectivity index (χ1) is 11.5. The van der Waals surface area contributed by atoms with Crippen molar-refractivity contribution in [1.29, 1.82) is 0 Å². The maximum Gasteiger partial charge on any atom is 0.331 e. The maximum atomic E-state index is 11.6. The van der Waals surface area contributed by atoms with E-state index in [0.29, 0.717) is 6.42 Å². The second kappa shape index (κ2) is 14.7. The van der Waals surface area contributed by atoms with Crippen LogP contribution in [0.3, 0.4) is 0 Å². The highest BCUT2D eigenvalue weighted by atomic mass is 16.5. The van der Waals surface area contributed by atoms with Gasteiger partial charge in [-0.3, -0.25) is 9.59 Å². The van der Waals surface area contributed by atoms with E-state index in [4.69, 9.17) is 9.84 Å². The summed E-state index contributed by atoms with van der Waals surface area (Å²) in [4.78, 5) is 33.4.